The summed E-state index contributed by atoms with van der Waals surface area (Å²) in [6.07, 6.45) is -0.266. The molecule has 1 N–H and O–H groups in total. The van der Waals surface area contributed by atoms with Gasteiger partial charge in [-0.25, -0.2) is 0 Å². The fraction of sp³-hybridized carbons (Fsp3) is 0.263. The molecule has 136 valence electrons. The fourth-order valence-corrected chi connectivity index (χ4v) is 2.81. The number of rotatable bonds is 5. The highest BCUT2D eigenvalue weighted by molar-refractivity contribution is 6.33. The van der Waals surface area contributed by atoms with Crippen LogP contribution in [0.3, 0.4) is 0 Å². The maximum Gasteiger partial charge on any atom is 0.253 e. The van der Waals surface area contributed by atoms with E-state index in [4.69, 9.17) is 21.1 Å². The van der Waals surface area contributed by atoms with Crippen molar-refractivity contribution >= 4 is 23.4 Å². The predicted octanol–water partition coefficient (Wildman–Crippen LogP) is 2.37. The average Bonchev–Trinajstić information content (AvgIpc) is 2.66. The molecule has 0 bridgehead atoms. The van der Waals surface area contributed by atoms with Crippen molar-refractivity contribution in [1.29, 1.82) is 0 Å². The molecule has 0 aliphatic carbocycles. The number of nitrogens with zero attached hydrogens (tertiary/aromatic N) is 1. The van der Waals surface area contributed by atoms with Crippen molar-refractivity contribution in [2.24, 2.45) is 0 Å². The van der Waals surface area contributed by atoms with Crippen LogP contribution in [0.2, 0.25) is 5.02 Å². The molecule has 0 saturated carbocycles. The van der Waals surface area contributed by atoms with Crippen LogP contribution < -0.4 is 14.8 Å². The summed E-state index contributed by atoms with van der Waals surface area (Å²) < 4.78 is 11.5. The Bertz CT molecular complexity index is 812. The molecule has 0 spiro atoms. The molecule has 26 heavy (non-hydrogen) atoms. The van der Waals surface area contributed by atoms with E-state index in [9.17, 15) is 9.59 Å². The largest absolute Gasteiger partial charge is 0.486 e. The number of halogens is 1. The third kappa shape index (κ3) is 4.26. The molecule has 6 nitrogen and oxygen atoms in total. The van der Waals surface area contributed by atoms with Gasteiger partial charge in [0.25, 0.3) is 5.91 Å². The Hall–Kier alpha value is -2.73. The van der Waals surface area contributed by atoms with E-state index in [-0.39, 0.29) is 24.5 Å². The van der Waals surface area contributed by atoms with E-state index in [0.29, 0.717) is 35.2 Å². The van der Waals surface area contributed by atoms with Gasteiger partial charge in [0.05, 0.1) is 23.7 Å². The second kappa shape index (κ2) is 8.10. The lowest BCUT2D eigenvalue weighted by Gasteiger charge is -2.29. The molecule has 2 aromatic rings. The van der Waals surface area contributed by atoms with E-state index in [1.54, 1.807) is 31.3 Å². The second-order valence-electron chi connectivity index (χ2n) is 5.93. The summed E-state index contributed by atoms with van der Waals surface area (Å²) in [6, 6.07) is 14.1. The maximum atomic E-state index is 12.3. The number of ether oxygens (including phenoxy) is 2. The Labute approximate surface area is 156 Å². The lowest BCUT2D eigenvalue weighted by Crippen LogP contribution is -2.45. The van der Waals surface area contributed by atoms with Crippen molar-refractivity contribution < 1.29 is 19.1 Å². The number of benzene rings is 2. The van der Waals surface area contributed by atoms with E-state index >= 15 is 0 Å². The van der Waals surface area contributed by atoms with Gasteiger partial charge < -0.3 is 19.7 Å². The summed E-state index contributed by atoms with van der Waals surface area (Å²) in [5, 5.41) is 2.93. The summed E-state index contributed by atoms with van der Waals surface area (Å²) in [4.78, 5) is 25.9. The van der Waals surface area contributed by atoms with Gasteiger partial charge in [0, 0.05) is 7.05 Å². The SMILES string of the molecule is CN(C[C@H]1COc2ccccc2O1)C(=O)CNC(=O)c1ccccc1Cl. The van der Waals surface area contributed by atoms with Crippen molar-refractivity contribution in [2.45, 2.75) is 6.10 Å². The van der Waals surface area contributed by atoms with Gasteiger partial charge >= 0.3 is 0 Å². The summed E-state index contributed by atoms with van der Waals surface area (Å²) in [6.45, 7) is 0.598. The molecule has 0 saturated heterocycles. The molecule has 0 unspecified atom stereocenters. The second-order valence-corrected chi connectivity index (χ2v) is 6.34. The zero-order valence-electron chi connectivity index (χ0n) is 14.3. The first-order chi connectivity index (χ1) is 12.5. The fourth-order valence-electron chi connectivity index (χ4n) is 2.59. The molecular formula is C19H19ClN2O4. The maximum absolute atomic E-state index is 12.3. The van der Waals surface area contributed by atoms with Crippen LogP contribution in [0.15, 0.2) is 48.5 Å². The van der Waals surface area contributed by atoms with Gasteiger partial charge in [-0.2, -0.15) is 0 Å². The molecule has 0 aromatic heterocycles. The Morgan fingerprint density at radius 3 is 2.62 bits per heavy atom. The summed E-state index contributed by atoms with van der Waals surface area (Å²) >= 11 is 5.98. The molecule has 1 aliphatic heterocycles. The predicted molar refractivity (Wildman–Crippen MR) is 97.8 cm³/mol. The van der Waals surface area contributed by atoms with Gasteiger partial charge in [-0.3, -0.25) is 9.59 Å². The van der Waals surface area contributed by atoms with Gasteiger partial charge in [0.1, 0.15) is 6.61 Å². The van der Waals surface area contributed by atoms with Crippen molar-refractivity contribution in [3.63, 3.8) is 0 Å². The number of fused-ring (bicyclic) bond motifs is 1. The van der Waals surface area contributed by atoms with E-state index in [1.807, 2.05) is 24.3 Å². The highest BCUT2D eigenvalue weighted by atomic mass is 35.5. The highest BCUT2D eigenvalue weighted by Crippen LogP contribution is 2.30. The van der Waals surface area contributed by atoms with Crippen molar-refractivity contribution in [1.82, 2.24) is 10.2 Å². The lowest BCUT2D eigenvalue weighted by molar-refractivity contribution is -0.130. The zero-order chi connectivity index (χ0) is 18.5. The summed E-state index contributed by atoms with van der Waals surface area (Å²) in [5.41, 5.74) is 0.338. The van der Waals surface area contributed by atoms with Gasteiger partial charge in [0.15, 0.2) is 17.6 Å². The number of carbonyl (C=O) groups is 2. The standard InChI is InChI=1S/C19H19ClN2O4/c1-22(11-13-12-25-16-8-4-5-9-17(16)26-13)18(23)10-21-19(24)14-6-2-3-7-15(14)20/h2-9,13H,10-12H2,1H3,(H,21,24)/t13-/m0/s1. The van der Waals surface area contributed by atoms with Gasteiger partial charge in [-0.05, 0) is 24.3 Å². The number of hydrogen-bond donors (Lipinski definition) is 1. The molecule has 2 amide bonds. The van der Waals surface area contributed by atoms with E-state index in [0.717, 1.165) is 0 Å². The van der Waals surface area contributed by atoms with E-state index < -0.39 is 0 Å². The number of hydrogen-bond acceptors (Lipinski definition) is 4. The molecular weight excluding hydrogens is 356 g/mol. The molecule has 0 fully saturated rings. The van der Waals surface area contributed by atoms with Gasteiger partial charge in [-0.1, -0.05) is 35.9 Å². The van der Waals surface area contributed by atoms with Crippen LogP contribution in [0.25, 0.3) is 0 Å². The number of carbonyl (C=O) groups excluding carboxylic acids is 2. The molecule has 7 heteroatoms. The smallest absolute Gasteiger partial charge is 0.253 e. The van der Waals surface area contributed by atoms with Crippen LogP contribution >= 0.6 is 11.6 Å². The average molecular weight is 375 g/mol. The quantitative estimate of drug-likeness (QED) is 0.872. The Balaban J connectivity index is 1.49. The monoisotopic (exact) mass is 374 g/mol. The van der Waals surface area contributed by atoms with Crippen LogP contribution in [-0.2, 0) is 4.79 Å². The molecule has 1 atom stereocenters. The number of para-hydroxylation sites is 2. The normalized spacial score (nSPS) is 15.2. The first kappa shape index (κ1) is 18.1. The van der Waals surface area contributed by atoms with Crippen LogP contribution in [0.1, 0.15) is 10.4 Å². The molecule has 0 radical (unpaired) electrons. The van der Waals surface area contributed by atoms with Crippen molar-refractivity contribution in [2.75, 3.05) is 26.7 Å². The third-order valence-electron chi connectivity index (χ3n) is 3.99. The van der Waals surface area contributed by atoms with Crippen molar-refractivity contribution in [3.8, 4) is 11.5 Å². The Kier molecular flexibility index (Phi) is 5.63. The zero-order valence-corrected chi connectivity index (χ0v) is 15.0. The summed E-state index contributed by atoms with van der Waals surface area (Å²) in [7, 11) is 1.66. The molecule has 1 heterocycles. The minimum Gasteiger partial charge on any atom is -0.486 e. The topological polar surface area (TPSA) is 67.9 Å². The van der Waals surface area contributed by atoms with E-state index in [1.165, 1.54) is 4.90 Å². The van der Waals surface area contributed by atoms with Crippen LogP contribution in [-0.4, -0.2) is 49.6 Å². The minimum absolute atomic E-state index is 0.120. The first-order valence-corrected chi connectivity index (χ1v) is 8.57. The van der Waals surface area contributed by atoms with Gasteiger partial charge in [-0.15, -0.1) is 0 Å². The number of amides is 2. The first-order valence-electron chi connectivity index (χ1n) is 8.20. The lowest BCUT2D eigenvalue weighted by atomic mass is 10.2. The Morgan fingerprint density at radius 2 is 1.85 bits per heavy atom. The van der Waals surface area contributed by atoms with Crippen molar-refractivity contribution in [3.05, 3.63) is 59.1 Å². The summed E-state index contributed by atoms with van der Waals surface area (Å²) in [5.74, 6) is 0.748. The van der Waals surface area contributed by atoms with E-state index in [2.05, 4.69) is 5.32 Å². The van der Waals surface area contributed by atoms with Crippen LogP contribution in [0.5, 0.6) is 11.5 Å². The molecule has 2 aromatic carbocycles. The number of likely N-dealkylation sites (N-methyl/N-ethyl adjacent to an activating group) is 1. The third-order valence-corrected chi connectivity index (χ3v) is 4.32. The van der Waals surface area contributed by atoms with Crippen LogP contribution in [0.4, 0.5) is 0 Å². The van der Waals surface area contributed by atoms with Crippen LogP contribution in [0, 0.1) is 0 Å². The highest BCUT2D eigenvalue weighted by Gasteiger charge is 2.24. The van der Waals surface area contributed by atoms with Gasteiger partial charge in [0.2, 0.25) is 5.91 Å². The number of nitrogens with one attached hydrogen (secondary N) is 1. The Morgan fingerprint density at radius 1 is 1.15 bits per heavy atom. The minimum atomic E-state index is -0.386. The molecule has 1 aliphatic rings. The molecule has 3 rings (SSSR count).